The number of aryl methyl sites for hydroxylation is 1. The summed E-state index contributed by atoms with van der Waals surface area (Å²) in [4.78, 5) is 14.3. The second-order valence-electron chi connectivity index (χ2n) is 5.97. The molecule has 3 rings (SSSR count). The average Bonchev–Trinajstić information content (AvgIpc) is 2.97. The molecule has 23 heavy (non-hydrogen) atoms. The maximum atomic E-state index is 13.9. The highest BCUT2D eigenvalue weighted by molar-refractivity contribution is 6.31. The van der Waals surface area contributed by atoms with Crippen LogP contribution in [0.1, 0.15) is 30.0 Å². The molecule has 1 aliphatic heterocycles. The third kappa shape index (κ3) is 3.55. The third-order valence-corrected chi connectivity index (χ3v) is 4.67. The lowest BCUT2D eigenvalue weighted by Gasteiger charge is -2.32. The number of nitrogens with zero attached hydrogens (tertiary/aromatic N) is 3. The minimum Gasteiger partial charge on any atom is -0.342 e. The van der Waals surface area contributed by atoms with Crippen LogP contribution in [-0.4, -0.2) is 33.7 Å². The molecule has 1 fully saturated rings. The van der Waals surface area contributed by atoms with E-state index in [-0.39, 0.29) is 23.8 Å². The normalized spacial score (nSPS) is 18.2. The van der Waals surface area contributed by atoms with Crippen molar-refractivity contribution in [3.8, 4) is 0 Å². The van der Waals surface area contributed by atoms with Crippen molar-refractivity contribution in [1.82, 2.24) is 14.7 Å². The summed E-state index contributed by atoms with van der Waals surface area (Å²) in [5.41, 5.74) is 1.29. The van der Waals surface area contributed by atoms with E-state index in [1.807, 2.05) is 19.3 Å². The van der Waals surface area contributed by atoms with Crippen LogP contribution in [-0.2, 0) is 18.3 Å². The van der Waals surface area contributed by atoms with Gasteiger partial charge in [0.1, 0.15) is 5.82 Å². The summed E-state index contributed by atoms with van der Waals surface area (Å²) in [7, 11) is 1.88. The first-order chi connectivity index (χ1) is 11.0. The quantitative estimate of drug-likeness (QED) is 0.864. The zero-order valence-corrected chi connectivity index (χ0v) is 13.8. The fraction of sp³-hybridized carbons (Fsp3) is 0.412. The largest absolute Gasteiger partial charge is 0.342 e. The number of aromatic nitrogens is 2. The van der Waals surface area contributed by atoms with Gasteiger partial charge in [0.05, 0.1) is 12.1 Å². The monoisotopic (exact) mass is 335 g/mol. The predicted molar refractivity (Wildman–Crippen MR) is 86.9 cm³/mol. The Hall–Kier alpha value is -1.88. The molecule has 0 unspecified atom stereocenters. The molecular formula is C17H19ClFN3O. The van der Waals surface area contributed by atoms with Crippen LogP contribution < -0.4 is 0 Å². The molecule has 4 nitrogen and oxygen atoms in total. The first-order valence-electron chi connectivity index (χ1n) is 7.75. The summed E-state index contributed by atoms with van der Waals surface area (Å²) < 4.78 is 15.6. The number of carbonyl (C=O) groups excluding carboxylic acids is 1. The molecule has 6 heteroatoms. The smallest absolute Gasteiger partial charge is 0.227 e. The van der Waals surface area contributed by atoms with E-state index in [0.717, 1.165) is 18.5 Å². The molecule has 2 aromatic rings. The third-order valence-electron chi connectivity index (χ3n) is 4.32. The summed E-state index contributed by atoms with van der Waals surface area (Å²) in [5.74, 6) is -0.272. The molecule has 0 saturated carbocycles. The van der Waals surface area contributed by atoms with Gasteiger partial charge >= 0.3 is 0 Å². The molecule has 2 heterocycles. The molecule has 1 amide bonds. The van der Waals surface area contributed by atoms with E-state index >= 15 is 0 Å². The molecule has 1 aliphatic rings. The van der Waals surface area contributed by atoms with Crippen molar-refractivity contribution < 1.29 is 9.18 Å². The van der Waals surface area contributed by atoms with Crippen molar-refractivity contribution >= 4 is 17.5 Å². The van der Waals surface area contributed by atoms with Gasteiger partial charge in [-0.15, -0.1) is 0 Å². The molecular weight excluding hydrogens is 317 g/mol. The van der Waals surface area contributed by atoms with Crippen molar-refractivity contribution in [2.24, 2.45) is 7.05 Å². The van der Waals surface area contributed by atoms with E-state index in [4.69, 9.17) is 11.6 Å². The lowest BCUT2D eigenvalue weighted by Crippen LogP contribution is -2.40. The van der Waals surface area contributed by atoms with Crippen LogP contribution >= 0.6 is 11.6 Å². The summed E-state index contributed by atoms with van der Waals surface area (Å²) >= 11 is 6.02. The number of hydrogen-bond acceptors (Lipinski definition) is 2. The first-order valence-corrected chi connectivity index (χ1v) is 8.12. The van der Waals surface area contributed by atoms with Gasteiger partial charge < -0.3 is 4.90 Å². The number of rotatable bonds is 3. The van der Waals surface area contributed by atoms with Crippen molar-refractivity contribution in [2.45, 2.75) is 25.2 Å². The van der Waals surface area contributed by atoms with Crippen molar-refractivity contribution in [1.29, 1.82) is 0 Å². The molecule has 0 bridgehead atoms. The number of carbonyl (C=O) groups is 1. The Bertz CT molecular complexity index is 695. The second-order valence-corrected chi connectivity index (χ2v) is 6.38. The Kier molecular flexibility index (Phi) is 4.66. The number of amides is 1. The molecule has 1 aromatic carbocycles. The highest BCUT2D eigenvalue weighted by Gasteiger charge is 2.27. The Morgan fingerprint density at radius 2 is 2.26 bits per heavy atom. The Balaban J connectivity index is 1.70. The average molecular weight is 336 g/mol. The standard InChI is InChI=1S/C17H19ClFN3O/c1-21-9-7-16(20-21)12-4-3-8-22(11-12)17(23)10-13-14(18)5-2-6-15(13)19/h2,5-7,9,12H,3-4,8,10-11H2,1H3/t12-/m1/s1. The fourth-order valence-corrected chi connectivity index (χ4v) is 3.29. The number of likely N-dealkylation sites (tertiary alicyclic amines) is 1. The van der Waals surface area contributed by atoms with Crippen LogP contribution in [0.15, 0.2) is 30.5 Å². The number of hydrogen-bond donors (Lipinski definition) is 0. The van der Waals surface area contributed by atoms with E-state index in [1.54, 1.807) is 21.7 Å². The molecule has 0 N–H and O–H groups in total. The van der Waals surface area contributed by atoms with Crippen molar-refractivity contribution in [2.75, 3.05) is 13.1 Å². The van der Waals surface area contributed by atoms with Gasteiger partial charge in [0.2, 0.25) is 5.91 Å². The van der Waals surface area contributed by atoms with E-state index < -0.39 is 5.82 Å². The van der Waals surface area contributed by atoms with Crippen molar-refractivity contribution in [3.05, 3.63) is 52.6 Å². The van der Waals surface area contributed by atoms with Gasteiger partial charge in [-0.05, 0) is 31.0 Å². The number of piperidine rings is 1. The molecule has 1 atom stereocenters. The van der Waals surface area contributed by atoms with Gasteiger partial charge in [0.25, 0.3) is 0 Å². The predicted octanol–water partition coefficient (Wildman–Crippen LogP) is 3.16. The number of halogens is 2. The number of benzene rings is 1. The van der Waals surface area contributed by atoms with Crippen LogP contribution in [0.4, 0.5) is 4.39 Å². The van der Waals surface area contributed by atoms with Gasteiger partial charge in [-0.1, -0.05) is 17.7 Å². The minimum absolute atomic E-state index is 0.000441. The van der Waals surface area contributed by atoms with E-state index in [0.29, 0.717) is 18.1 Å². The second kappa shape index (κ2) is 6.71. The molecule has 1 aromatic heterocycles. The van der Waals surface area contributed by atoms with Crippen LogP contribution in [0.2, 0.25) is 5.02 Å². The van der Waals surface area contributed by atoms with Crippen molar-refractivity contribution in [3.63, 3.8) is 0 Å². The van der Waals surface area contributed by atoms with Gasteiger partial charge in [-0.3, -0.25) is 9.48 Å². The highest BCUT2D eigenvalue weighted by atomic mass is 35.5. The Labute approximate surface area is 139 Å². The lowest BCUT2D eigenvalue weighted by atomic mass is 9.94. The minimum atomic E-state index is -0.427. The summed E-state index contributed by atoms with van der Waals surface area (Å²) in [6, 6.07) is 6.48. The first kappa shape index (κ1) is 16.0. The molecule has 1 saturated heterocycles. The maximum Gasteiger partial charge on any atom is 0.227 e. The summed E-state index contributed by atoms with van der Waals surface area (Å²) in [5, 5.41) is 4.74. The van der Waals surface area contributed by atoms with E-state index in [2.05, 4.69) is 5.10 Å². The Morgan fingerprint density at radius 1 is 1.43 bits per heavy atom. The van der Waals surface area contributed by atoms with Gasteiger partial charge in [-0.25, -0.2) is 4.39 Å². The maximum absolute atomic E-state index is 13.9. The molecule has 0 spiro atoms. The Morgan fingerprint density at radius 3 is 2.96 bits per heavy atom. The van der Waals surface area contributed by atoms with E-state index in [1.165, 1.54) is 6.07 Å². The lowest BCUT2D eigenvalue weighted by molar-refractivity contribution is -0.131. The van der Waals surface area contributed by atoms with Gasteiger partial charge in [0, 0.05) is 42.8 Å². The van der Waals surface area contributed by atoms with Gasteiger partial charge in [-0.2, -0.15) is 5.10 Å². The highest BCUT2D eigenvalue weighted by Crippen LogP contribution is 2.27. The molecule has 0 aliphatic carbocycles. The zero-order chi connectivity index (χ0) is 16.4. The fourth-order valence-electron chi connectivity index (χ4n) is 3.06. The summed E-state index contributed by atoms with van der Waals surface area (Å²) in [6.45, 7) is 1.33. The van der Waals surface area contributed by atoms with Gasteiger partial charge in [0.15, 0.2) is 0 Å². The summed E-state index contributed by atoms with van der Waals surface area (Å²) in [6.07, 6.45) is 3.86. The molecule has 122 valence electrons. The van der Waals surface area contributed by atoms with E-state index in [9.17, 15) is 9.18 Å². The van der Waals surface area contributed by atoms with Crippen LogP contribution in [0.25, 0.3) is 0 Å². The van der Waals surface area contributed by atoms with Crippen LogP contribution in [0.5, 0.6) is 0 Å². The SMILES string of the molecule is Cn1ccc([C@@H]2CCCN(C(=O)Cc3c(F)cccc3Cl)C2)n1. The molecule has 0 radical (unpaired) electrons. The topological polar surface area (TPSA) is 38.1 Å². The zero-order valence-electron chi connectivity index (χ0n) is 13.0. The van der Waals surface area contributed by atoms with Crippen LogP contribution in [0, 0.1) is 5.82 Å². The van der Waals surface area contributed by atoms with Crippen LogP contribution in [0.3, 0.4) is 0 Å².